The summed E-state index contributed by atoms with van der Waals surface area (Å²) in [5.41, 5.74) is -0.0956. The van der Waals surface area contributed by atoms with Crippen LogP contribution in [-0.2, 0) is 14.9 Å². The van der Waals surface area contributed by atoms with Crippen molar-refractivity contribution in [3.05, 3.63) is 18.3 Å². The number of carbonyl (C=O) groups is 1. The molecule has 0 aliphatic carbocycles. The highest BCUT2D eigenvalue weighted by Gasteiger charge is 2.28. The third-order valence-electron chi connectivity index (χ3n) is 3.52. The molecule has 0 fully saturated rings. The highest BCUT2D eigenvalue weighted by Crippen LogP contribution is 2.24. The minimum atomic E-state index is -3.66. The second kappa shape index (κ2) is 9.75. The lowest BCUT2D eigenvalue weighted by molar-refractivity contribution is 0.0419. The third kappa shape index (κ3) is 6.78. The molecule has 0 aromatic carbocycles. The Morgan fingerprint density at radius 3 is 2.29 bits per heavy atom. The largest absolute Gasteiger partial charge is 0.476 e. The van der Waals surface area contributed by atoms with Crippen LogP contribution in [0.3, 0.4) is 0 Å². The fourth-order valence-corrected chi connectivity index (χ4v) is 3.69. The Hall–Kier alpha value is -1.59. The van der Waals surface area contributed by atoms with Crippen molar-refractivity contribution in [2.45, 2.75) is 46.3 Å². The van der Waals surface area contributed by atoms with E-state index in [1.54, 1.807) is 30.9 Å². The fourth-order valence-electron chi connectivity index (χ4n) is 2.05. The van der Waals surface area contributed by atoms with E-state index >= 15 is 0 Å². The lowest BCUT2D eigenvalue weighted by Gasteiger charge is -2.35. The molecule has 0 spiro atoms. The Balaban J connectivity index is 2.73. The molecule has 0 saturated heterocycles. The number of ether oxygens (including phenoxy) is 2. The van der Waals surface area contributed by atoms with Crippen LogP contribution in [0.5, 0.6) is 5.88 Å². The minimum absolute atomic E-state index is 0.210. The number of anilines is 1. The molecule has 1 amide bonds. The van der Waals surface area contributed by atoms with Gasteiger partial charge in [0.15, 0.2) is 0 Å². The van der Waals surface area contributed by atoms with Gasteiger partial charge in [0, 0.05) is 25.7 Å². The molecule has 0 unspecified atom stereocenters. The van der Waals surface area contributed by atoms with Gasteiger partial charge in [0.25, 0.3) is 0 Å². The van der Waals surface area contributed by atoms with Gasteiger partial charge in [-0.15, -0.1) is 0 Å². The van der Waals surface area contributed by atoms with Crippen molar-refractivity contribution in [2.24, 2.45) is 0 Å². The number of hydrogen-bond acceptors (Lipinski definition) is 6. The Morgan fingerprint density at radius 2 is 1.86 bits per heavy atom. The molecule has 1 rings (SSSR count). The van der Waals surface area contributed by atoms with Crippen LogP contribution in [0, 0.1) is 0 Å². The number of pyridine rings is 1. The van der Waals surface area contributed by atoms with Crippen LogP contribution in [0.15, 0.2) is 18.3 Å². The van der Waals surface area contributed by atoms with E-state index in [1.807, 2.05) is 20.8 Å². The number of halogens is 1. The quantitative estimate of drug-likeness (QED) is 0.530. The van der Waals surface area contributed by atoms with Gasteiger partial charge in [-0.1, -0.05) is 0 Å². The average molecular weight is 481 g/mol. The van der Waals surface area contributed by atoms with E-state index in [2.05, 4.69) is 21.1 Å². The summed E-state index contributed by atoms with van der Waals surface area (Å²) in [6.45, 7) is 9.86. The lowest BCUT2D eigenvalue weighted by Crippen LogP contribution is -2.48. The number of nitrogens with zero attached hydrogens (tertiary/aromatic N) is 4. The number of amides is 1. The fraction of sp³-hybridized carbons (Fsp3) is 0.647. The summed E-state index contributed by atoms with van der Waals surface area (Å²) in [5.74, 6) is 0.318. The first-order valence-corrected chi connectivity index (χ1v) is 10.8. The summed E-state index contributed by atoms with van der Waals surface area (Å²) in [7, 11) is -0.802. The van der Waals surface area contributed by atoms with Gasteiger partial charge in [-0.3, -0.25) is 4.90 Å². The van der Waals surface area contributed by atoms with Crippen LogP contribution < -0.4 is 8.07 Å². The minimum Gasteiger partial charge on any atom is -0.476 e. The Morgan fingerprint density at radius 1 is 1.25 bits per heavy atom. The zero-order valence-electron chi connectivity index (χ0n) is 17.3. The van der Waals surface area contributed by atoms with Crippen LogP contribution in [0.4, 0.5) is 10.5 Å². The Kier molecular flexibility index (Phi) is 8.51. The normalized spacial score (nSPS) is 12.2. The summed E-state index contributed by atoms with van der Waals surface area (Å²) in [5, 5.41) is 0. The van der Waals surface area contributed by atoms with Gasteiger partial charge in [-0.25, -0.2) is 9.78 Å². The van der Waals surface area contributed by atoms with Gasteiger partial charge >= 0.3 is 16.3 Å². The van der Waals surface area contributed by atoms with Crippen molar-refractivity contribution >= 4 is 38.1 Å². The van der Waals surface area contributed by atoms with Crippen LogP contribution in [0.2, 0.25) is 0 Å². The standard InChI is InChI=1S/C17H29BrN4O5S/c1-13(2)27-16(23)21(17(3,4)5)10-11-26-15-9-8-14(12-19-15)22(18)28(24,25)20(6)7/h8-9,12-13H,10-11H2,1-7H3. The monoisotopic (exact) mass is 480 g/mol. The van der Waals surface area contributed by atoms with E-state index in [9.17, 15) is 13.2 Å². The Bertz CT molecular complexity index is 748. The SMILES string of the molecule is CC(C)OC(=O)N(CCOc1ccc(N(Br)S(=O)(=O)N(C)C)cn1)C(C)(C)C. The van der Waals surface area contributed by atoms with Gasteiger partial charge in [0.05, 0.1) is 40.7 Å². The van der Waals surface area contributed by atoms with Crippen LogP contribution >= 0.6 is 16.1 Å². The summed E-state index contributed by atoms with van der Waals surface area (Å²) in [4.78, 5) is 18.0. The summed E-state index contributed by atoms with van der Waals surface area (Å²) >= 11 is 3.03. The molecule has 0 saturated carbocycles. The molecule has 0 radical (unpaired) electrons. The predicted octanol–water partition coefficient (Wildman–Crippen LogP) is 3.03. The molecule has 0 aliphatic rings. The smallest absolute Gasteiger partial charge is 0.410 e. The third-order valence-corrected chi connectivity index (χ3v) is 6.57. The molecule has 160 valence electrons. The molecule has 1 heterocycles. The maximum absolute atomic E-state index is 12.3. The topological polar surface area (TPSA) is 92.3 Å². The van der Waals surface area contributed by atoms with E-state index in [1.165, 1.54) is 20.3 Å². The van der Waals surface area contributed by atoms with Gasteiger partial charge in [-0.05, 0) is 40.7 Å². The van der Waals surface area contributed by atoms with Gasteiger partial charge < -0.3 is 9.47 Å². The molecule has 1 aromatic heterocycles. The zero-order chi connectivity index (χ0) is 21.7. The first-order valence-electron chi connectivity index (χ1n) is 8.72. The van der Waals surface area contributed by atoms with Crippen molar-refractivity contribution in [1.82, 2.24) is 14.2 Å². The van der Waals surface area contributed by atoms with Crippen molar-refractivity contribution in [2.75, 3.05) is 30.6 Å². The zero-order valence-corrected chi connectivity index (χ0v) is 19.7. The van der Waals surface area contributed by atoms with Crippen LogP contribution in [0.25, 0.3) is 0 Å². The second-order valence-electron chi connectivity index (χ2n) is 7.46. The first kappa shape index (κ1) is 24.4. The highest BCUT2D eigenvalue weighted by molar-refractivity contribution is 9.11. The maximum atomic E-state index is 12.3. The molecule has 28 heavy (non-hydrogen) atoms. The highest BCUT2D eigenvalue weighted by atomic mass is 79.9. The predicted molar refractivity (Wildman–Crippen MR) is 112 cm³/mol. The van der Waals surface area contributed by atoms with Crippen molar-refractivity contribution in [1.29, 1.82) is 0 Å². The molecule has 0 bridgehead atoms. The van der Waals surface area contributed by atoms with Crippen LogP contribution in [-0.4, -0.2) is 67.6 Å². The first-order chi connectivity index (χ1) is 12.8. The molecular formula is C17H29BrN4O5S. The summed E-state index contributed by atoms with van der Waals surface area (Å²) in [6, 6.07) is 3.12. The van der Waals surface area contributed by atoms with Crippen molar-refractivity contribution < 1.29 is 22.7 Å². The number of hydrogen-bond donors (Lipinski definition) is 0. The molecular weight excluding hydrogens is 452 g/mol. The number of rotatable bonds is 8. The van der Waals surface area contributed by atoms with Crippen molar-refractivity contribution in [3.8, 4) is 5.88 Å². The number of carbonyl (C=O) groups excluding carboxylic acids is 1. The lowest BCUT2D eigenvalue weighted by atomic mass is 10.1. The number of aromatic nitrogens is 1. The van der Waals surface area contributed by atoms with Gasteiger partial charge in [0.1, 0.15) is 6.61 Å². The van der Waals surface area contributed by atoms with E-state index < -0.39 is 21.8 Å². The van der Waals surface area contributed by atoms with E-state index in [0.717, 1.165) is 7.64 Å². The van der Waals surface area contributed by atoms with Gasteiger partial charge in [-0.2, -0.15) is 16.1 Å². The van der Waals surface area contributed by atoms with E-state index in [4.69, 9.17) is 9.47 Å². The second-order valence-corrected chi connectivity index (χ2v) is 10.6. The summed E-state index contributed by atoms with van der Waals surface area (Å²) in [6.07, 6.45) is 0.760. The average Bonchev–Trinajstić information content (AvgIpc) is 2.56. The molecule has 0 aliphatic heterocycles. The van der Waals surface area contributed by atoms with E-state index in [-0.39, 0.29) is 12.7 Å². The summed E-state index contributed by atoms with van der Waals surface area (Å²) < 4.78 is 37.1. The maximum Gasteiger partial charge on any atom is 0.410 e. The molecule has 0 N–H and O–H groups in total. The van der Waals surface area contributed by atoms with Gasteiger partial charge in [0.2, 0.25) is 5.88 Å². The van der Waals surface area contributed by atoms with E-state index in [0.29, 0.717) is 18.1 Å². The molecule has 0 atom stereocenters. The Labute approximate surface area is 176 Å². The molecule has 9 nitrogen and oxygen atoms in total. The van der Waals surface area contributed by atoms with Crippen LogP contribution in [0.1, 0.15) is 34.6 Å². The molecule has 11 heteroatoms. The molecule has 1 aromatic rings. The van der Waals surface area contributed by atoms with Crippen molar-refractivity contribution in [3.63, 3.8) is 0 Å².